The molecule has 0 bridgehead atoms. The third-order valence-electron chi connectivity index (χ3n) is 5.13. The topological polar surface area (TPSA) is 119 Å². The van der Waals surface area contributed by atoms with Crippen LogP contribution in [0, 0.1) is 26.1 Å². The molecule has 0 aromatic heterocycles. The Kier molecular flexibility index (Phi) is 3.61. The van der Waals surface area contributed by atoms with Crippen molar-refractivity contribution in [3.8, 4) is 5.75 Å². The SMILES string of the molecule is O=[N+]([O-])c1ccc(O)c(C2Nc3c(cccc3[N+](=O)[O-])C3C=CCC32)c1. The lowest BCUT2D eigenvalue weighted by atomic mass is 9.76. The molecule has 2 N–H and O–H groups in total. The van der Waals surface area contributed by atoms with Gasteiger partial charge in [-0.3, -0.25) is 20.2 Å². The number of benzene rings is 2. The van der Waals surface area contributed by atoms with Crippen molar-refractivity contribution in [2.45, 2.75) is 18.4 Å². The van der Waals surface area contributed by atoms with Crippen LogP contribution in [0.25, 0.3) is 0 Å². The van der Waals surface area contributed by atoms with Gasteiger partial charge in [0.2, 0.25) is 0 Å². The quantitative estimate of drug-likeness (QED) is 0.488. The fourth-order valence-electron chi connectivity index (χ4n) is 3.97. The number of phenolic OH excluding ortho intramolecular Hbond substituents is 1. The molecule has 0 spiro atoms. The van der Waals surface area contributed by atoms with Gasteiger partial charge in [0.15, 0.2) is 0 Å². The average Bonchev–Trinajstić information content (AvgIpc) is 3.10. The third-order valence-corrected chi connectivity index (χ3v) is 5.13. The highest BCUT2D eigenvalue weighted by Gasteiger charge is 2.41. The first kappa shape index (κ1) is 16.1. The van der Waals surface area contributed by atoms with E-state index in [0.29, 0.717) is 17.7 Å². The summed E-state index contributed by atoms with van der Waals surface area (Å²) in [5.41, 5.74) is 1.44. The number of nitro groups is 2. The summed E-state index contributed by atoms with van der Waals surface area (Å²) >= 11 is 0. The summed E-state index contributed by atoms with van der Waals surface area (Å²) in [6.45, 7) is 0. The molecule has 132 valence electrons. The lowest BCUT2D eigenvalue weighted by molar-refractivity contribution is -0.385. The highest BCUT2D eigenvalue weighted by molar-refractivity contribution is 5.71. The largest absolute Gasteiger partial charge is 0.508 e. The van der Waals surface area contributed by atoms with Crippen LogP contribution < -0.4 is 5.32 Å². The molecule has 8 nitrogen and oxygen atoms in total. The fraction of sp³-hybridized carbons (Fsp3) is 0.222. The number of hydrogen-bond donors (Lipinski definition) is 2. The van der Waals surface area contributed by atoms with Gasteiger partial charge in [-0.1, -0.05) is 24.3 Å². The Bertz CT molecular complexity index is 956. The van der Waals surface area contributed by atoms with E-state index in [9.17, 15) is 25.3 Å². The standard InChI is InChI=1S/C18H15N3O5/c22-16-8-7-10(20(23)24)9-14(16)17-12-4-1-3-11(12)13-5-2-6-15(21(25)26)18(13)19-17/h1-3,5-9,11-12,17,19,22H,4H2. The second-order valence-corrected chi connectivity index (χ2v) is 6.47. The maximum atomic E-state index is 11.4. The highest BCUT2D eigenvalue weighted by atomic mass is 16.6. The van der Waals surface area contributed by atoms with Crippen LogP contribution in [0.1, 0.15) is 29.5 Å². The molecule has 2 aliphatic rings. The van der Waals surface area contributed by atoms with Crippen LogP contribution >= 0.6 is 0 Å². The van der Waals surface area contributed by atoms with Gasteiger partial charge in [-0.05, 0) is 24.0 Å². The number of fused-ring (bicyclic) bond motifs is 3. The van der Waals surface area contributed by atoms with Crippen molar-refractivity contribution in [1.29, 1.82) is 0 Å². The third kappa shape index (κ3) is 2.38. The zero-order valence-electron chi connectivity index (χ0n) is 13.5. The number of rotatable bonds is 3. The van der Waals surface area contributed by atoms with E-state index in [0.717, 1.165) is 5.56 Å². The Morgan fingerprint density at radius 2 is 1.88 bits per heavy atom. The van der Waals surface area contributed by atoms with Crippen molar-refractivity contribution in [2.24, 2.45) is 5.92 Å². The number of para-hydroxylation sites is 1. The van der Waals surface area contributed by atoms with Gasteiger partial charge < -0.3 is 10.4 Å². The van der Waals surface area contributed by atoms with E-state index in [1.54, 1.807) is 6.07 Å². The number of aromatic hydroxyl groups is 1. The molecule has 1 aliphatic carbocycles. The van der Waals surface area contributed by atoms with Crippen LogP contribution in [-0.4, -0.2) is 15.0 Å². The Morgan fingerprint density at radius 1 is 1.08 bits per heavy atom. The maximum Gasteiger partial charge on any atom is 0.292 e. The summed E-state index contributed by atoms with van der Waals surface area (Å²) < 4.78 is 0. The van der Waals surface area contributed by atoms with Crippen molar-refractivity contribution in [3.05, 3.63) is 79.9 Å². The number of anilines is 1. The molecule has 26 heavy (non-hydrogen) atoms. The number of nitro benzene ring substituents is 2. The minimum atomic E-state index is -0.521. The lowest BCUT2D eigenvalue weighted by Gasteiger charge is -2.37. The van der Waals surface area contributed by atoms with Crippen LogP contribution in [0.5, 0.6) is 5.75 Å². The second-order valence-electron chi connectivity index (χ2n) is 6.47. The Morgan fingerprint density at radius 3 is 2.62 bits per heavy atom. The van der Waals surface area contributed by atoms with Crippen LogP contribution in [0.2, 0.25) is 0 Å². The molecule has 0 radical (unpaired) electrons. The molecular weight excluding hydrogens is 338 g/mol. The van der Waals surface area contributed by atoms with Crippen molar-refractivity contribution in [3.63, 3.8) is 0 Å². The van der Waals surface area contributed by atoms with E-state index in [1.165, 1.54) is 24.3 Å². The number of allylic oxidation sites excluding steroid dienone is 2. The van der Waals surface area contributed by atoms with E-state index in [1.807, 2.05) is 18.2 Å². The Labute approximate surface area is 148 Å². The van der Waals surface area contributed by atoms with E-state index in [2.05, 4.69) is 5.32 Å². The van der Waals surface area contributed by atoms with Crippen molar-refractivity contribution in [2.75, 3.05) is 5.32 Å². The first-order valence-electron chi connectivity index (χ1n) is 8.15. The molecule has 3 atom stereocenters. The molecule has 1 heterocycles. The van der Waals surface area contributed by atoms with Crippen molar-refractivity contribution >= 4 is 17.1 Å². The molecule has 0 amide bonds. The number of phenols is 1. The first-order valence-corrected chi connectivity index (χ1v) is 8.15. The summed E-state index contributed by atoms with van der Waals surface area (Å²) in [5.74, 6) is -0.104. The minimum absolute atomic E-state index is 0.0115. The van der Waals surface area contributed by atoms with Crippen molar-refractivity contribution in [1.82, 2.24) is 0 Å². The molecule has 2 aromatic rings. The van der Waals surface area contributed by atoms with Gasteiger partial charge >= 0.3 is 0 Å². The van der Waals surface area contributed by atoms with Crippen LogP contribution in [0.3, 0.4) is 0 Å². The van der Waals surface area contributed by atoms with E-state index in [4.69, 9.17) is 0 Å². The molecule has 8 heteroatoms. The monoisotopic (exact) mass is 353 g/mol. The molecule has 2 aromatic carbocycles. The summed E-state index contributed by atoms with van der Waals surface area (Å²) in [6.07, 6.45) is 4.73. The Hall–Kier alpha value is -3.42. The molecule has 1 aliphatic heterocycles. The minimum Gasteiger partial charge on any atom is -0.508 e. The summed E-state index contributed by atoms with van der Waals surface area (Å²) in [7, 11) is 0. The van der Waals surface area contributed by atoms with Crippen molar-refractivity contribution < 1.29 is 15.0 Å². The molecule has 4 rings (SSSR count). The molecule has 0 saturated carbocycles. The van der Waals surface area contributed by atoms with Gasteiger partial charge in [-0.15, -0.1) is 0 Å². The summed E-state index contributed by atoms with van der Waals surface area (Å²) in [4.78, 5) is 21.6. The van der Waals surface area contributed by atoms with E-state index in [-0.39, 0.29) is 29.0 Å². The molecule has 0 fully saturated rings. The predicted molar refractivity (Wildman–Crippen MR) is 94.2 cm³/mol. The van der Waals surface area contributed by atoms with Gasteiger partial charge in [0.05, 0.1) is 15.9 Å². The number of nitrogens with one attached hydrogen (secondary N) is 1. The van der Waals surface area contributed by atoms with Crippen LogP contribution in [-0.2, 0) is 0 Å². The Balaban J connectivity index is 1.86. The average molecular weight is 353 g/mol. The second kappa shape index (κ2) is 5.83. The first-order chi connectivity index (χ1) is 12.5. The number of hydrogen-bond acceptors (Lipinski definition) is 6. The lowest BCUT2D eigenvalue weighted by Crippen LogP contribution is -2.29. The van der Waals surface area contributed by atoms with Gasteiger partial charge in [0, 0.05) is 29.7 Å². The number of non-ortho nitro benzene ring substituents is 1. The van der Waals surface area contributed by atoms with Crippen LogP contribution in [0.15, 0.2) is 48.6 Å². The smallest absolute Gasteiger partial charge is 0.292 e. The zero-order chi connectivity index (χ0) is 18.4. The molecular formula is C18H15N3O5. The zero-order valence-corrected chi connectivity index (χ0v) is 13.5. The predicted octanol–water partition coefficient (Wildman–Crippen LogP) is 4.04. The van der Waals surface area contributed by atoms with Gasteiger partial charge in [-0.2, -0.15) is 0 Å². The molecule has 3 unspecified atom stereocenters. The number of nitrogens with zero attached hydrogens (tertiary/aromatic N) is 2. The summed E-state index contributed by atoms with van der Waals surface area (Å²) in [6, 6.07) is 8.34. The van der Waals surface area contributed by atoms with Crippen LogP contribution in [0.4, 0.5) is 17.1 Å². The highest BCUT2D eigenvalue weighted by Crippen LogP contribution is 2.53. The maximum absolute atomic E-state index is 11.4. The van der Waals surface area contributed by atoms with Gasteiger partial charge in [-0.25, -0.2) is 0 Å². The van der Waals surface area contributed by atoms with Gasteiger partial charge in [0.25, 0.3) is 11.4 Å². The molecule has 0 saturated heterocycles. The summed E-state index contributed by atoms with van der Waals surface area (Å²) in [5, 5.41) is 36.0. The normalized spacial score (nSPS) is 23.0. The van der Waals surface area contributed by atoms with E-state index >= 15 is 0 Å². The van der Waals surface area contributed by atoms with Gasteiger partial charge in [0.1, 0.15) is 11.4 Å². The van der Waals surface area contributed by atoms with E-state index < -0.39 is 15.9 Å². The fourth-order valence-corrected chi connectivity index (χ4v) is 3.97.